The number of carboxylic acid groups (broad SMARTS) is 1. The Hall–Kier alpha value is -2.55. The van der Waals surface area contributed by atoms with Crippen LogP contribution in [0.1, 0.15) is 18.0 Å². The van der Waals surface area contributed by atoms with Crippen molar-refractivity contribution in [3.63, 3.8) is 0 Å². The zero-order chi connectivity index (χ0) is 19.2. The van der Waals surface area contributed by atoms with Gasteiger partial charge in [-0.3, -0.25) is 4.79 Å². The number of benzene rings is 1. The second-order valence-electron chi connectivity index (χ2n) is 5.55. The number of thiophene rings is 1. The van der Waals surface area contributed by atoms with Gasteiger partial charge in [0.15, 0.2) is 5.11 Å². The Balaban J connectivity index is 1.73. The van der Waals surface area contributed by atoms with Gasteiger partial charge in [0, 0.05) is 11.2 Å². The number of hydrogen-bond donors (Lipinski definition) is 3. The minimum Gasteiger partial charge on any atom is -0.481 e. The third-order valence-electron chi connectivity index (χ3n) is 3.59. The summed E-state index contributed by atoms with van der Waals surface area (Å²) in [5.74, 6) is -0.621. The maximum absolute atomic E-state index is 11.2. The van der Waals surface area contributed by atoms with Crippen LogP contribution in [0.15, 0.2) is 54.0 Å². The molecule has 3 rings (SSSR count). The van der Waals surface area contributed by atoms with Gasteiger partial charge < -0.3 is 15.7 Å². The molecule has 9 heteroatoms. The normalized spacial score (nSPS) is 11.6. The quantitative estimate of drug-likeness (QED) is 0.512. The fraction of sp³-hybridized carbons (Fsp3) is 0.111. The van der Waals surface area contributed by atoms with Gasteiger partial charge in [0.05, 0.1) is 23.0 Å². The zero-order valence-electron chi connectivity index (χ0n) is 13.9. The minimum absolute atomic E-state index is 0.155. The molecule has 0 bridgehead atoms. The average molecular weight is 419 g/mol. The number of thiocarbonyl (C=S) groups is 1. The first-order valence-electron chi connectivity index (χ1n) is 7.93. The lowest BCUT2D eigenvalue weighted by Crippen LogP contribution is -2.34. The van der Waals surface area contributed by atoms with Gasteiger partial charge in [-0.1, -0.05) is 29.8 Å². The van der Waals surface area contributed by atoms with E-state index in [0.717, 1.165) is 16.1 Å². The molecular weight excluding hydrogens is 404 g/mol. The molecule has 1 atom stereocenters. The maximum Gasteiger partial charge on any atom is 0.305 e. The van der Waals surface area contributed by atoms with Crippen molar-refractivity contribution in [1.82, 2.24) is 15.3 Å². The molecule has 0 aliphatic heterocycles. The maximum atomic E-state index is 11.2. The molecule has 0 saturated carbocycles. The van der Waals surface area contributed by atoms with E-state index in [1.165, 1.54) is 0 Å². The summed E-state index contributed by atoms with van der Waals surface area (Å²) in [4.78, 5) is 20.8. The van der Waals surface area contributed by atoms with E-state index >= 15 is 0 Å². The molecule has 0 aliphatic carbocycles. The van der Waals surface area contributed by atoms with Crippen LogP contribution in [0.3, 0.4) is 0 Å². The van der Waals surface area contributed by atoms with Crippen molar-refractivity contribution >= 4 is 52.2 Å². The molecule has 0 radical (unpaired) electrons. The second-order valence-corrected chi connectivity index (χ2v) is 7.34. The summed E-state index contributed by atoms with van der Waals surface area (Å²) in [5, 5.41) is 17.8. The monoisotopic (exact) mass is 418 g/mol. The Kier molecular flexibility index (Phi) is 6.33. The standard InChI is InChI=1S/C18H15ClN4O2S2/c19-12-4-1-3-11(9-12)14(10-16(24)25)22-18(26)23-17-20-7-6-13(21-17)15-5-2-8-27-15/h1-9,14H,10H2,(H,24,25)(H2,20,21,22,23,26)/t14-/m0/s1. The molecule has 0 spiro atoms. The first kappa shape index (κ1) is 19.2. The Morgan fingerprint density at radius 2 is 2.15 bits per heavy atom. The van der Waals surface area contributed by atoms with E-state index in [0.29, 0.717) is 11.0 Å². The molecule has 6 nitrogen and oxygen atoms in total. The van der Waals surface area contributed by atoms with Crippen molar-refractivity contribution in [3.8, 4) is 10.6 Å². The predicted octanol–water partition coefficient (Wildman–Crippen LogP) is 4.36. The van der Waals surface area contributed by atoms with Crippen LogP contribution in [0, 0.1) is 0 Å². The Bertz CT molecular complexity index is 950. The summed E-state index contributed by atoms with van der Waals surface area (Å²) < 4.78 is 0. The van der Waals surface area contributed by atoms with Gasteiger partial charge in [0.1, 0.15) is 0 Å². The Labute approximate surface area is 170 Å². The van der Waals surface area contributed by atoms with E-state index in [9.17, 15) is 9.90 Å². The van der Waals surface area contributed by atoms with Crippen LogP contribution in [0.5, 0.6) is 0 Å². The lowest BCUT2D eigenvalue weighted by atomic mass is 10.0. The highest BCUT2D eigenvalue weighted by Gasteiger charge is 2.17. The van der Waals surface area contributed by atoms with Gasteiger partial charge in [-0.05, 0) is 47.4 Å². The van der Waals surface area contributed by atoms with Gasteiger partial charge in [-0.25, -0.2) is 9.97 Å². The van der Waals surface area contributed by atoms with Gasteiger partial charge in [-0.2, -0.15) is 0 Å². The lowest BCUT2D eigenvalue weighted by Gasteiger charge is -2.19. The van der Waals surface area contributed by atoms with Crippen LogP contribution in [0.25, 0.3) is 10.6 Å². The first-order valence-corrected chi connectivity index (χ1v) is 9.59. The van der Waals surface area contributed by atoms with Crippen molar-refractivity contribution in [2.45, 2.75) is 12.5 Å². The van der Waals surface area contributed by atoms with E-state index in [4.69, 9.17) is 23.8 Å². The molecule has 0 fully saturated rings. The Morgan fingerprint density at radius 1 is 1.30 bits per heavy atom. The molecule has 2 aromatic heterocycles. The number of rotatable bonds is 6. The summed E-state index contributed by atoms with van der Waals surface area (Å²) in [7, 11) is 0. The van der Waals surface area contributed by atoms with Crippen molar-refractivity contribution in [1.29, 1.82) is 0 Å². The van der Waals surface area contributed by atoms with Crippen molar-refractivity contribution in [3.05, 3.63) is 64.6 Å². The molecular formula is C18H15ClN4O2S2. The Morgan fingerprint density at radius 3 is 2.85 bits per heavy atom. The minimum atomic E-state index is -0.953. The number of carboxylic acids is 1. The number of carbonyl (C=O) groups is 1. The molecule has 0 unspecified atom stereocenters. The van der Waals surface area contributed by atoms with Crippen LogP contribution in [-0.4, -0.2) is 26.2 Å². The number of nitrogens with one attached hydrogen (secondary N) is 2. The highest BCUT2D eigenvalue weighted by molar-refractivity contribution is 7.80. The molecule has 27 heavy (non-hydrogen) atoms. The number of hydrogen-bond acceptors (Lipinski definition) is 5. The fourth-order valence-electron chi connectivity index (χ4n) is 2.43. The summed E-state index contributed by atoms with van der Waals surface area (Å²) in [6, 6.07) is 12.2. The number of anilines is 1. The number of aliphatic carboxylic acids is 1. The van der Waals surface area contributed by atoms with Crippen LogP contribution < -0.4 is 10.6 Å². The van der Waals surface area contributed by atoms with Crippen LogP contribution in [-0.2, 0) is 4.79 Å². The van der Waals surface area contributed by atoms with Crippen LogP contribution in [0.4, 0.5) is 5.95 Å². The van der Waals surface area contributed by atoms with Gasteiger partial charge >= 0.3 is 5.97 Å². The van der Waals surface area contributed by atoms with E-state index in [2.05, 4.69) is 20.6 Å². The van der Waals surface area contributed by atoms with Crippen molar-refractivity contribution in [2.24, 2.45) is 0 Å². The smallest absolute Gasteiger partial charge is 0.305 e. The third kappa shape index (κ3) is 5.46. The number of aromatic nitrogens is 2. The van der Waals surface area contributed by atoms with E-state index in [1.54, 1.807) is 41.8 Å². The van der Waals surface area contributed by atoms with Crippen LogP contribution >= 0.6 is 35.2 Å². The highest BCUT2D eigenvalue weighted by Crippen LogP contribution is 2.23. The third-order valence-corrected chi connectivity index (χ3v) is 4.94. The van der Waals surface area contributed by atoms with Gasteiger partial charge in [0.2, 0.25) is 5.95 Å². The van der Waals surface area contributed by atoms with Crippen molar-refractivity contribution < 1.29 is 9.90 Å². The molecule has 0 saturated heterocycles. The fourth-order valence-corrected chi connectivity index (χ4v) is 3.55. The van der Waals surface area contributed by atoms with E-state index in [1.807, 2.05) is 23.6 Å². The predicted molar refractivity (Wildman–Crippen MR) is 111 cm³/mol. The molecule has 1 aromatic carbocycles. The largest absolute Gasteiger partial charge is 0.481 e. The molecule has 0 amide bonds. The van der Waals surface area contributed by atoms with E-state index in [-0.39, 0.29) is 11.5 Å². The summed E-state index contributed by atoms with van der Waals surface area (Å²) in [6.45, 7) is 0. The highest BCUT2D eigenvalue weighted by atomic mass is 35.5. The first-order chi connectivity index (χ1) is 13.0. The molecule has 3 N–H and O–H groups in total. The molecule has 138 valence electrons. The summed E-state index contributed by atoms with van der Waals surface area (Å²) >= 11 is 12.9. The van der Waals surface area contributed by atoms with Gasteiger partial charge in [-0.15, -0.1) is 11.3 Å². The SMILES string of the molecule is O=C(O)C[C@H](NC(=S)Nc1nccc(-c2cccs2)n1)c1cccc(Cl)c1. The number of nitrogens with zero attached hydrogens (tertiary/aromatic N) is 2. The van der Waals surface area contributed by atoms with Crippen LogP contribution in [0.2, 0.25) is 5.02 Å². The molecule has 2 heterocycles. The van der Waals surface area contributed by atoms with Crippen molar-refractivity contribution in [2.75, 3.05) is 5.32 Å². The topological polar surface area (TPSA) is 87.1 Å². The second kappa shape index (κ2) is 8.90. The average Bonchev–Trinajstić information content (AvgIpc) is 3.16. The summed E-state index contributed by atoms with van der Waals surface area (Å²) in [6.07, 6.45) is 1.48. The molecule has 3 aromatic rings. The molecule has 0 aliphatic rings. The van der Waals surface area contributed by atoms with E-state index < -0.39 is 12.0 Å². The summed E-state index contributed by atoms with van der Waals surface area (Å²) in [5.41, 5.74) is 1.50. The zero-order valence-corrected chi connectivity index (χ0v) is 16.3. The van der Waals surface area contributed by atoms with Gasteiger partial charge in [0.25, 0.3) is 0 Å². The lowest BCUT2D eigenvalue weighted by molar-refractivity contribution is -0.137. The number of halogens is 1.